The molecular weight excluding hydrogens is 510 g/mol. The first kappa shape index (κ1) is 24.9. The maximum absolute atomic E-state index is 13.6. The maximum Gasteiger partial charge on any atom is 0.260 e. The predicted octanol–water partition coefficient (Wildman–Crippen LogP) is 5.71. The molecule has 0 fully saturated rings. The third-order valence-corrected chi connectivity index (χ3v) is 7.18. The molecule has 1 aliphatic heterocycles. The quantitative estimate of drug-likeness (QED) is 0.287. The van der Waals surface area contributed by atoms with Crippen molar-refractivity contribution in [1.29, 1.82) is 0 Å². The largest absolute Gasteiger partial charge is 0.324 e. The molecule has 6 rings (SSSR count). The summed E-state index contributed by atoms with van der Waals surface area (Å²) in [6.45, 7) is 4.28. The Bertz CT molecular complexity index is 1750. The molecular formula is C30H26ClN7O. The first-order valence-electron chi connectivity index (χ1n) is 12.8. The molecule has 2 N–H and O–H groups in total. The van der Waals surface area contributed by atoms with Crippen molar-refractivity contribution in [2.75, 3.05) is 18.4 Å². The van der Waals surface area contributed by atoms with Gasteiger partial charge in [-0.25, -0.2) is 15.0 Å². The van der Waals surface area contributed by atoms with Crippen LogP contribution in [0, 0.1) is 0 Å². The zero-order valence-corrected chi connectivity index (χ0v) is 22.1. The van der Waals surface area contributed by atoms with E-state index in [1.807, 2.05) is 43.3 Å². The van der Waals surface area contributed by atoms with Crippen LogP contribution >= 0.6 is 11.6 Å². The van der Waals surface area contributed by atoms with Gasteiger partial charge in [0.05, 0.1) is 0 Å². The minimum Gasteiger partial charge on any atom is -0.324 e. The van der Waals surface area contributed by atoms with Gasteiger partial charge in [0, 0.05) is 64.5 Å². The van der Waals surface area contributed by atoms with Crippen LogP contribution in [0.5, 0.6) is 0 Å². The van der Waals surface area contributed by atoms with Crippen LogP contribution in [0.15, 0.2) is 84.3 Å². The number of anilines is 2. The summed E-state index contributed by atoms with van der Waals surface area (Å²) in [5.41, 5.74) is 6.73. The predicted molar refractivity (Wildman–Crippen MR) is 156 cm³/mol. The first-order valence-corrected chi connectivity index (χ1v) is 13.2. The molecule has 2 aromatic carbocycles. The zero-order chi connectivity index (χ0) is 26.8. The second-order valence-electron chi connectivity index (χ2n) is 9.29. The second kappa shape index (κ2) is 10.8. The van der Waals surface area contributed by atoms with Crippen molar-refractivity contribution in [1.82, 2.24) is 29.8 Å². The summed E-state index contributed by atoms with van der Waals surface area (Å²) in [5.74, 6) is 0.429. The fourth-order valence-electron chi connectivity index (χ4n) is 4.85. The number of nitrogens with one attached hydrogen (secondary N) is 2. The number of nitrogens with zero attached hydrogens (tertiary/aromatic N) is 5. The SMILES string of the molecule is CCn1c(=O)c(-c2ccc(-c3cncnc3)cc2Cl)cc2cnc(Nc3ccc(C4=CCNCC4)cc3)nc21. The summed E-state index contributed by atoms with van der Waals surface area (Å²) in [6.07, 6.45) is 9.92. The number of aryl methyl sites for hydroxylation is 1. The van der Waals surface area contributed by atoms with Crippen LogP contribution in [0.4, 0.5) is 11.6 Å². The van der Waals surface area contributed by atoms with Gasteiger partial charge < -0.3 is 10.6 Å². The van der Waals surface area contributed by atoms with Gasteiger partial charge >= 0.3 is 0 Å². The molecule has 0 saturated heterocycles. The van der Waals surface area contributed by atoms with E-state index >= 15 is 0 Å². The van der Waals surface area contributed by atoms with Gasteiger partial charge in [-0.2, -0.15) is 4.98 Å². The Hall–Kier alpha value is -4.40. The molecule has 3 aromatic heterocycles. The molecule has 39 heavy (non-hydrogen) atoms. The van der Waals surface area contributed by atoms with Crippen molar-refractivity contribution in [3.05, 3.63) is 100 Å². The Balaban J connectivity index is 1.32. The summed E-state index contributed by atoms with van der Waals surface area (Å²) in [6, 6.07) is 15.7. The molecule has 0 spiro atoms. The molecule has 9 heteroatoms. The van der Waals surface area contributed by atoms with Gasteiger partial charge in [0.1, 0.15) is 12.0 Å². The molecule has 0 atom stereocenters. The third-order valence-electron chi connectivity index (χ3n) is 6.87. The summed E-state index contributed by atoms with van der Waals surface area (Å²) in [7, 11) is 0. The van der Waals surface area contributed by atoms with Gasteiger partial charge in [-0.15, -0.1) is 0 Å². The summed E-state index contributed by atoms with van der Waals surface area (Å²) in [4.78, 5) is 30.9. The van der Waals surface area contributed by atoms with E-state index in [2.05, 4.69) is 43.8 Å². The number of aromatic nitrogens is 5. The number of halogens is 1. The minimum absolute atomic E-state index is 0.160. The lowest BCUT2D eigenvalue weighted by molar-refractivity contribution is 0.738. The van der Waals surface area contributed by atoms with E-state index in [9.17, 15) is 4.79 Å². The lowest BCUT2D eigenvalue weighted by atomic mass is 10.0. The standard InChI is InChI=1S/C30H26ClN7O/c1-2-38-28-22(13-26(29(38)39)25-8-5-21(14-27(25)31)23-15-33-18-34-16-23)17-35-30(37-28)36-24-6-3-19(4-7-24)20-9-11-32-12-10-20/h3-9,13-18,32H,2,10-12H2,1H3,(H,35,36,37). The minimum atomic E-state index is -0.160. The fourth-order valence-corrected chi connectivity index (χ4v) is 5.13. The molecule has 0 aliphatic carbocycles. The van der Waals surface area contributed by atoms with Gasteiger partial charge in [-0.05, 0) is 60.9 Å². The zero-order valence-electron chi connectivity index (χ0n) is 21.4. The van der Waals surface area contributed by atoms with Gasteiger partial charge in [0.2, 0.25) is 5.95 Å². The van der Waals surface area contributed by atoms with E-state index in [-0.39, 0.29) is 5.56 Å². The van der Waals surface area contributed by atoms with Gasteiger partial charge in [0.15, 0.2) is 0 Å². The van der Waals surface area contributed by atoms with Crippen molar-refractivity contribution < 1.29 is 0 Å². The molecule has 194 valence electrons. The molecule has 4 heterocycles. The van der Waals surface area contributed by atoms with Gasteiger partial charge in [0.25, 0.3) is 5.56 Å². The lowest BCUT2D eigenvalue weighted by Gasteiger charge is -2.15. The van der Waals surface area contributed by atoms with Crippen molar-refractivity contribution in [2.45, 2.75) is 19.9 Å². The van der Waals surface area contributed by atoms with E-state index in [1.165, 1.54) is 17.5 Å². The Morgan fingerprint density at radius 3 is 2.49 bits per heavy atom. The van der Waals surface area contributed by atoms with Crippen molar-refractivity contribution in [2.24, 2.45) is 0 Å². The van der Waals surface area contributed by atoms with Crippen LogP contribution in [-0.4, -0.2) is 37.6 Å². The molecule has 0 saturated carbocycles. The number of rotatable bonds is 6. The van der Waals surface area contributed by atoms with Crippen molar-refractivity contribution in [3.63, 3.8) is 0 Å². The average Bonchev–Trinajstić information content (AvgIpc) is 2.98. The number of hydrogen-bond acceptors (Lipinski definition) is 7. The van der Waals surface area contributed by atoms with E-state index in [0.29, 0.717) is 34.3 Å². The number of benzene rings is 2. The summed E-state index contributed by atoms with van der Waals surface area (Å²) < 4.78 is 1.65. The maximum atomic E-state index is 13.6. The molecule has 0 amide bonds. The highest BCUT2D eigenvalue weighted by atomic mass is 35.5. The van der Waals surface area contributed by atoms with E-state index in [0.717, 1.165) is 41.7 Å². The van der Waals surface area contributed by atoms with Crippen LogP contribution in [0.2, 0.25) is 5.02 Å². The van der Waals surface area contributed by atoms with Gasteiger partial charge in [-0.3, -0.25) is 9.36 Å². The summed E-state index contributed by atoms with van der Waals surface area (Å²) >= 11 is 6.67. The first-order chi connectivity index (χ1) is 19.1. The highest BCUT2D eigenvalue weighted by molar-refractivity contribution is 6.33. The monoisotopic (exact) mass is 535 g/mol. The van der Waals surface area contributed by atoms with E-state index in [1.54, 1.807) is 23.2 Å². The van der Waals surface area contributed by atoms with Crippen molar-refractivity contribution >= 4 is 39.8 Å². The second-order valence-corrected chi connectivity index (χ2v) is 9.69. The number of hydrogen-bond donors (Lipinski definition) is 2. The normalized spacial score (nSPS) is 13.3. The van der Waals surface area contributed by atoms with Crippen LogP contribution in [0.1, 0.15) is 18.9 Å². The molecule has 0 bridgehead atoms. The number of pyridine rings is 1. The van der Waals surface area contributed by atoms with Crippen LogP contribution in [0.25, 0.3) is 38.9 Å². The van der Waals surface area contributed by atoms with Crippen LogP contribution in [-0.2, 0) is 6.54 Å². The third kappa shape index (κ3) is 5.04. The Labute approximate surface area is 230 Å². The van der Waals surface area contributed by atoms with Crippen LogP contribution < -0.4 is 16.2 Å². The molecule has 1 aliphatic rings. The Kier molecular flexibility index (Phi) is 6.87. The number of fused-ring (bicyclic) bond motifs is 1. The highest BCUT2D eigenvalue weighted by Crippen LogP contribution is 2.32. The molecule has 5 aromatic rings. The smallest absolute Gasteiger partial charge is 0.260 e. The van der Waals surface area contributed by atoms with Crippen molar-refractivity contribution in [3.8, 4) is 22.3 Å². The fraction of sp³-hybridized carbons (Fsp3) is 0.167. The topological polar surface area (TPSA) is 97.6 Å². The molecule has 0 unspecified atom stereocenters. The Morgan fingerprint density at radius 2 is 1.77 bits per heavy atom. The molecule has 8 nitrogen and oxygen atoms in total. The summed E-state index contributed by atoms with van der Waals surface area (Å²) in [5, 5.41) is 7.84. The van der Waals surface area contributed by atoms with E-state index in [4.69, 9.17) is 16.6 Å². The average molecular weight is 536 g/mol. The highest BCUT2D eigenvalue weighted by Gasteiger charge is 2.16. The van der Waals surface area contributed by atoms with Crippen LogP contribution in [0.3, 0.4) is 0 Å². The van der Waals surface area contributed by atoms with Gasteiger partial charge in [-0.1, -0.05) is 41.9 Å². The Morgan fingerprint density at radius 1 is 0.974 bits per heavy atom. The molecule has 0 radical (unpaired) electrons. The lowest BCUT2D eigenvalue weighted by Crippen LogP contribution is -2.22. The van der Waals surface area contributed by atoms with E-state index < -0.39 is 0 Å².